The molecule has 0 aromatic heterocycles. The molecule has 3 aliphatic rings. The molecular weight excluding hydrogens is 350 g/mol. The minimum Gasteiger partial charge on any atom is -0.375 e. The highest BCUT2D eigenvalue weighted by atomic mass is 16.5. The summed E-state index contributed by atoms with van der Waals surface area (Å²) in [4.78, 5) is 20.1. The van der Waals surface area contributed by atoms with Crippen LogP contribution in [0.25, 0.3) is 0 Å². The summed E-state index contributed by atoms with van der Waals surface area (Å²) in [6.45, 7) is 8.18. The molecule has 3 fully saturated rings. The molecule has 3 heterocycles. The molecule has 154 valence electrons. The number of hydrogen-bond donors (Lipinski definition) is 0. The number of carbonyl (C=O) groups excluding carboxylic acids is 1. The maximum absolute atomic E-state index is 13.0. The molecule has 0 bridgehead atoms. The van der Waals surface area contributed by atoms with Gasteiger partial charge in [0, 0.05) is 31.7 Å². The van der Waals surface area contributed by atoms with Gasteiger partial charge < -0.3 is 9.64 Å². The first-order chi connectivity index (χ1) is 13.7. The first-order valence-corrected chi connectivity index (χ1v) is 11.2. The first-order valence-electron chi connectivity index (χ1n) is 11.2. The van der Waals surface area contributed by atoms with E-state index < -0.39 is 0 Å². The van der Waals surface area contributed by atoms with Crippen molar-refractivity contribution in [1.29, 1.82) is 0 Å². The molecule has 1 amide bonds. The lowest BCUT2D eigenvalue weighted by molar-refractivity contribution is -0.140. The Morgan fingerprint density at radius 1 is 1.04 bits per heavy atom. The zero-order valence-corrected chi connectivity index (χ0v) is 17.3. The van der Waals surface area contributed by atoms with E-state index >= 15 is 0 Å². The lowest BCUT2D eigenvalue weighted by Crippen LogP contribution is -2.52. The molecule has 28 heavy (non-hydrogen) atoms. The minimum absolute atomic E-state index is 0.211. The van der Waals surface area contributed by atoms with Crippen molar-refractivity contribution in [1.82, 2.24) is 14.7 Å². The number of rotatable bonds is 6. The van der Waals surface area contributed by atoms with Gasteiger partial charge in [-0.05, 0) is 50.8 Å². The van der Waals surface area contributed by atoms with Crippen molar-refractivity contribution in [2.45, 2.75) is 63.8 Å². The molecule has 1 aromatic carbocycles. The Labute approximate surface area is 169 Å². The van der Waals surface area contributed by atoms with Crippen LogP contribution in [0.3, 0.4) is 0 Å². The summed E-state index contributed by atoms with van der Waals surface area (Å²) in [5.74, 6) is 0.293. The summed E-state index contributed by atoms with van der Waals surface area (Å²) in [6.07, 6.45) is 6.17. The Kier molecular flexibility index (Phi) is 6.65. The smallest absolute Gasteiger partial charge is 0.236 e. The molecule has 5 heteroatoms. The molecule has 4 rings (SSSR count). The van der Waals surface area contributed by atoms with Gasteiger partial charge in [-0.2, -0.15) is 0 Å². The average molecular weight is 386 g/mol. The van der Waals surface area contributed by atoms with Crippen molar-refractivity contribution in [3.63, 3.8) is 0 Å². The molecule has 3 aliphatic heterocycles. The molecule has 0 spiro atoms. The van der Waals surface area contributed by atoms with E-state index in [0.717, 1.165) is 32.6 Å². The number of likely N-dealkylation sites (tertiary alicyclic amines) is 2. The maximum Gasteiger partial charge on any atom is 0.236 e. The van der Waals surface area contributed by atoms with Gasteiger partial charge in [0.25, 0.3) is 0 Å². The Bertz CT molecular complexity index is 638. The van der Waals surface area contributed by atoms with E-state index in [1.165, 1.54) is 37.8 Å². The molecule has 5 nitrogen and oxygen atoms in total. The number of ether oxygens (including phenoxy) is 1. The van der Waals surface area contributed by atoms with E-state index in [9.17, 15) is 4.79 Å². The van der Waals surface area contributed by atoms with Gasteiger partial charge >= 0.3 is 0 Å². The van der Waals surface area contributed by atoms with Crippen molar-refractivity contribution in [3.8, 4) is 0 Å². The van der Waals surface area contributed by atoms with Crippen molar-refractivity contribution in [3.05, 3.63) is 35.9 Å². The van der Waals surface area contributed by atoms with Gasteiger partial charge in [-0.25, -0.2) is 0 Å². The van der Waals surface area contributed by atoms with Crippen LogP contribution in [0.4, 0.5) is 0 Å². The summed E-state index contributed by atoms with van der Waals surface area (Å²) in [5, 5.41) is 0. The van der Waals surface area contributed by atoms with E-state index in [4.69, 9.17) is 4.74 Å². The summed E-state index contributed by atoms with van der Waals surface area (Å²) in [7, 11) is 0. The lowest BCUT2D eigenvalue weighted by Gasteiger charge is -2.37. The van der Waals surface area contributed by atoms with Crippen LogP contribution in [0.2, 0.25) is 0 Å². The van der Waals surface area contributed by atoms with Crippen molar-refractivity contribution in [2.24, 2.45) is 0 Å². The Morgan fingerprint density at radius 2 is 1.75 bits per heavy atom. The largest absolute Gasteiger partial charge is 0.375 e. The summed E-state index contributed by atoms with van der Waals surface area (Å²) in [5.41, 5.74) is 1.40. The molecule has 0 saturated carbocycles. The van der Waals surface area contributed by atoms with Gasteiger partial charge in [0.05, 0.1) is 19.3 Å². The Balaban J connectivity index is 1.36. The standard InChI is InChI=1S/C23H35N3O2/c1-2-20-17-26(14-15-28-20)23(27)18-25-13-7-11-22(25)21-10-6-12-24(21)16-19-8-4-3-5-9-19/h3-5,8-9,20-22H,2,6-7,10-18H2,1H3/t20-,21+,22+/m1/s1. The number of amides is 1. The van der Waals surface area contributed by atoms with Gasteiger partial charge in [-0.15, -0.1) is 0 Å². The van der Waals surface area contributed by atoms with Gasteiger partial charge in [0.2, 0.25) is 5.91 Å². The highest BCUT2D eigenvalue weighted by Crippen LogP contribution is 2.31. The van der Waals surface area contributed by atoms with Crippen LogP contribution < -0.4 is 0 Å². The van der Waals surface area contributed by atoms with E-state index in [1.807, 2.05) is 4.90 Å². The minimum atomic E-state index is 0.211. The molecule has 0 aliphatic carbocycles. The molecule has 0 radical (unpaired) electrons. The zero-order valence-electron chi connectivity index (χ0n) is 17.3. The van der Waals surface area contributed by atoms with Gasteiger partial charge in [0.15, 0.2) is 0 Å². The highest BCUT2D eigenvalue weighted by molar-refractivity contribution is 5.78. The molecule has 3 atom stereocenters. The normalized spacial score (nSPS) is 29.5. The van der Waals surface area contributed by atoms with E-state index in [2.05, 4.69) is 47.1 Å². The molecule has 1 aromatic rings. The molecular formula is C23H35N3O2. The number of morpholine rings is 1. The van der Waals surface area contributed by atoms with E-state index in [1.54, 1.807) is 0 Å². The fraction of sp³-hybridized carbons (Fsp3) is 0.696. The third-order valence-electron chi connectivity index (χ3n) is 6.79. The van der Waals surface area contributed by atoms with Crippen molar-refractivity contribution >= 4 is 5.91 Å². The lowest BCUT2D eigenvalue weighted by atomic mass is 10.0. The van der Waals surface area contributed by atoms with E-state index in [0.29, 0.717) is 31.1 Å². The quantitative estimate of drug-likeness (QED) is 0.754. The maximum atomic E-state index is 13.0. The van der Waals surface area contributed by atoms with Crippen LogP contribution in [0, 0.1) is 0 Å². The first kappa shape index (κ1) is 19.9. The number of benzene rings is 1. The van der Waals surface area contributed by atoms with Crippen molar-refractivity contribution < 1.29 is 9.53 Å². The fourth-order valence-corrected chi connectivity index (χ4v) is 5.25. The van der Waals surface area contributed by atoms with Crippen molar-refractivity contribution in [2.75, 3.05) is 39.3 Å². The molecule has 0 N–H and O–H groups in total. The Hall–Kier alpha value is -1.43. The average Bonchev–Trinajstić information content (AvgIpc) is 3.37. The topological polar surface area (TPSA) is 36.0 Å². The highest BCUT2D eigenvalue weighted by Gasteiger charge is 2.38. The van der Waals surface area contributed by atoms with Crippen LogP contribution >= 0.6 is 0 Å². The molecule has 3 saturated heterocycles. The Morgan fingerprint density at radius 3 is 2.50 bits per heavy atom. The van der Waals surface area contributed by atoms with Crippen LogP contribution in [0.15, 0.2) is 30.3 Å². The second kappa shape index (κ2) is 9.38. The molecule has 0 unspecified atom stereocenters. The van der Waals surface area contributed by atoms with Gasteiger partial charge in [-0.1, -0.05) is 37.3 Å². The predicted molar refractivity (Wildman–Crippen MR) is 111 cm³/mol. The second-order valence-corrected chi connectivity index (χ2v) is 8.59. The van der Waals surface area contributed by atoms with Gasteiger partial charge in [-0.3, -0.25) is 14.6 Å². The number of hydrogen-bond acceptors (Lipinski definition) is 4. The number of nitrogens with zero attached hydrogens (tertiary/aromatic N) is 3. The second-order valence-electron chi connectivity index (χ2n) is 8.59. The number of carbonyl (C=O) groups is 1. The van der Waals surface area contributed by atoms with Gasteiger partial charge in [0.1, 0.15) is 0 Å². The third kappa shape index (κ3) is 4.58. The summed E-state index contributed by atoms with van der Waals surface area (Å²) in [6, 6.07) is 11.9. The van der Waals surface area contributed by atoms with Crippen LogP contribution in [-0.4, -0.2) is 78.1 Å². The fourth-order valence-electron chi connectivity index (χ4n) is 5.25. The van der Waals surface area contributed by atoms with Crippen LogP contribution in [0.1, 0.15) is 44.6 Å². The third-order valence-corrected chi connectivity index (χ3v) is 6.79. The van der Waals surface area contributed by atoms with Crippen LogP contribution in [0.5, 0.6) is 0 Å². The monoisotopic (exact) mass is 385 g/mol. The zero-order chi connectivity index (χ0) is 19.3. The SMILES string of the molecule is CC[C@@H]1CN(C(=O)CN2CCC[C@H]2[C@@H]2CCCN2Cc2ccccc2)CCO1. The summed E-state index contributed by atoms with van der Waals surface area (Å²) >= 11 is 0. The summed E-state index contributed by atoms with van der Waals surface area (Å²) < 4.78 is 5.74. The van der Waals surface area contributed by atoms with Crippen LogP contribution in [-0.2, 0) is 16.1 Å². The van der Waals surface area contributed by atoms with E-state index in [-0.39, 0.29) is 6.10 Å². The predicted octanol–water partition coefficient (Wildman–Crippen LogP) is 2.75.